The number of hydrogen-bond acceptors (Lipinski definition) is 7. The number of imide groups is 1. The van der Waals surface area contributed by atoms with Gasteiger partial charge in [0.15, 0.2) is 11.5 Å². The number of nitrogens with two attached hydrogens (primary N) is 1. The molecular formula is C18H19N3O6S. The number of methoxy groups -OCH3 is 2. The highest BCUT2D eigenvalue weighted by atomic mass is 32.2. The highest BCUT2D eigenvalue weighted by Crippen LogP contribution is 2.34. The number of ether oxygens (including phenoxy) is 2. The molecule has 2 aromatic rings. The molecule has 1 heterocycles. The number of amides is 2. The Kier molecular flexibility index (Phi) is 5.25. The van der Waals surface area contributed by atoms with E-state index in [1.165, 1.54) is 32.4 Å². The van der Waals surface area contributed by atoms with Crippen LogP contribution in [0.4, 0.5) is 11.4 Å². The number of nitrogens with one attached hydrogen (secondary N) is 1. The molecule has 3 rings (SSSR count). The van der Waals surface area contributed by atoms with Crippen LogP contribution in [0.25, 0.3) is 0 Å². The number of hydrogen-bond donors (Lipinski definition) is 2. The minimum Gasteiger partial charge on any atom is -0.493 e. The average Bonchev–Trinajstić information content (AvgIpc) is 2.94. The van der Waals surface area contributed by atoms with Crippen molar-refractivity contribution in [3.63, 3.8) is 0 Å². The van der Waals surface area contributed by atoms with E-state index >= 15 is 0 Å². The Bertz CT molecular complexity index is 1040. The maximum atomic E-state index is 12.8. The minimum absolute atomic E-state index is 0.0766. The fourth-order valence-corrected chi connectivity index (χ4v) is 3.50. The van der Waals surface area contributed by atoms with Gasteiger partial charge in [0, 0.05) is 11.8 Å². The molecule has 1 saturated heterocycles. The predicted octanol–water partition coefficient (Wildman–Crippen LogP) is 1.10. The first-order valence-corrected chi connectivity index (χ1v) is 9.77. The van der Waals surface area contributed by atoms with Crippen molar-refractivity contribution in [1.82, 2.24) is 0 Å². The zero-order valence-corrected chi connectivity index (χ0v) is 16.0. The van der Waals surface area contributed by atoms with E-state index in [1.807, 2.05) is 0 Å². The molecule has 0 aliphatic carbocycles. The van der Waals surface area contributed by atoms with Gasteiger partial charge in [-0.25, -0.2) is 18.5 Å². The van der Waals surface area contributed by atoms with Gasteiger partial charge in [-0.3, -0.25) is 9.59 Å². The lowest BCUT2D eigenvalue weighted by molar-refractivity contribution is -0.121. The smallest absolute Gasteiger partial charge is 0.256 e. The van der Waals surface area contributed by atoms with E-state index in [9.17, 15) is 18.0 Å². The molecule has 2 amide bonds. The van der Waals surface area contributed by atoms with E-state index in [4.69, 9.17) is 14.6 Å². The minimum atomic E-state index is -3.88. The second-order valence-corrected chi connectivity index (χ2v) is 7.64. The zero-order chi connectivity index (χ0) is 20.5. The van der Waals surface area contributed by atoms with Gasteiger partial charge >= 0.3 is 0 Å². The maximum Gasteiger partial charge on any atom is 0.256 e. The standard InChI is InChI=1S/C18H19N3O6S/c1-26-15-7-6-12(9-16(15)27-2)21-17(22)10-14(18(21)23)20-11-4-3-5-13(8-11)28(19,24)25/h3-9,14,20H,10H2,1-2H3,(H2,19,24,25)/t14-/m1/s1. The van der Waals surface area contributed by atoms with Crippen LogP contribution in [0.1, 0.15) is 6.42 Å². The summed E-state index contributed by atoms with van der Waals surface area (Å²) in [7, 11) is -0.937. The Hall–Kier alpha value is -3.11. The fraction of sp³-hybridized carbons (Fsp3) is 0.222. The number of anilines is 2. The first kappa shape index (κ1) is 19.6. The molecule has 1 atom stereocenters. The molecule has 2 aromatic carbocycles. The molecule has 0 aromatic heterocycles. The molecule has 9 nitrogen and oxygen atoms in total. The molecule has 1 aliphatic rings. The number of sulfonamides is 1. The second-order valence-electron chi connectivity index (χ2n) is 6.08. The maximum absolute atomic E-state index is 12.8. The summed E-state index contributed by atoms with van der Waals surface area (Å²) in [6.45, 7) is 0. The molecular weight excluding hydrogens is 386 g/mol. The number of benzene rings is 2. The summed E-state index contributed by atoms with van der Waals surface area (Å²) in [5.74, 6) is 0.00763. The van der Waals surface area contributed by atoms with Crippen LogP contribution in [0.2, 0.25) is 0 Å². The summed E-state index contributed by atoms with van der Waals surface area (Å²) in [5, 5.41) is 8.02. The van der Waals surface area contributed by atoms with Gasteiger partial charge in [0.05, 0.1) is 31.2 Å². The Morgan fingerprint density at radius 2 is 1.79 bits per heavy atom. The lowest BCUT2D eigenvalue weighted by atomic mass is 10.2. The van der Waals surface area contributed by atoms with Crippen LogP contribution in [-0.4, -0.2) is 40.5 Å². The topological polar surface area (TPSA) is 128 Å². The van der Waals surface area contributed by atoms with Crippen LogP contribution in [-0.2, 0) is 19.6 Å². The first-order chi connectivity index (χ1) is 13.2. The lowest BCUT2D eigenvalue weighted by Gasteiger charge is -2.18. The largest absolute Gasteiger partial charge is 0.493 e. The molecule has 148 valence electrons. The molecule has 28 heavy (non-hydrogen) atoms. The summed E-state index contributed by atoms with van der Waals surface area (Å²) in [5.41, 5.74) is 0.724. The summed E-state index contributed by atoms with van der Waals surface area (Å²) >= 11 is 0. The van der Waals surface area contributed by atoms with E-state index in [0.717, 1.165) is 4.90 Å². The molecule has 1 fully saturated rings. The van der Waals surface area contributed by atoms with Gasteiger partial charge in [0.25, 0.3) is 5.91 Å². The van der Waals surface area contributed by atoms with Crippen molar-refractivity contribution in [2.45, 2.75) is 17.4 Å². The van der Waals surface area contributed by atoms with Gasteiger partial charge in [-0.1, -0.05) is 6.07 Å². The van der Waals surface area contributed by atoms with Crippen LogP contribution in [0.3, 0.4) is 0 Å². The molecule has 0 bridgehead atoms. The third-order valence-electron chi connectivity index (χ3n) is 4.28. The summed E-state index contributed by atoms with van der Waals surface area (Å²) in [6, 6.07) is 9.63. The van der Waals surface area contributed by atoms with Crippen LogP contribution < -0.4 is 24.8 Å². The second kappa shape index (κ2) is 7.49. The van der Waals surface area contributed by atoms with Crippen molar-refractivity contribution < 1.29 is 27.5 Å². The van der Waals surface area contributed by atoms with E-state index < -0.39 is 27.9 Å². The van der Waals surface area contributed by atoms with E-state index in [0.29, 0.717) is 22.9 Å². The highest BCUT2D eigenvalue weighted by molar-refractivity contribution is 7.89. The fourth-order valence-electron chi connectivity index (χ4n) is 2.94. The summed E-state index contributed by atoms with van der Waals surface area (Å²) in [4.78, 5) is 26.2. The summed E-state index contributed by atoms with van der Waals surface area (Å²) < 4.78 is 33.4. The highest BCUT2D eigenvalue weighted by Gasteiger charge is 2.40. The molecule has 0 radical (unpaired) electrons. The first-order valence-electron chi connectivity index (χ1n) is 8.23. The van der Waals surface area contributed by atoms with Crippen molar-refractivity contribution in [3.05, 3.63) is 42.5 Å². The molecule has 3 N–H and O–H groups in total. The van der Waals surface area contributed by atoms with Gasteiger partial charge in [0.2, 0.25) is 15.9 Å². The van der Waals surface area contributed by atoms with Crippen molar-refractivity contribution in [2.24, 2.45) is 5.14 Å². The number of primary sulfonamides is 1. The molecule has 1 aliphatic heterocycles. The Morgan fingerprint density at radius 1 is 1.07 bits per heavy atom. The third kappa shape index (κ3) is 3.78. The quantitative estimate of drug-likeness (QED) is 0.689. The third-order valence-corrected chi connectivity index (χ3v) is 5.19. The van der Waals surface area contributed by atoms with E-state index in [-0.39, 0.29) is 11.3 Å². The number of nitrogens with zero attached hydrogens (tertiary/aromatic N) is 1. The number of rotatable bonds is 6. The number of carbonyl (C=O) groups is 2. The van der Waals surface area contributed by atoms with Crippen LogP contribution >= 0.6 is 0 Å². The van der Waals surface area contributed by atoms with Gasteiger partial charge in [-0.2, -0.15) is 0 Å². The van der Waals surface area contributed by atoms with Crippen molar-refractivity contribution in [2.75, 3.05) is 24.4 Å². The van der Waals surface area contributed by atoms with Crippen LogP contribution in [0.15, 0.2) is 47.4 Å². The van der Waals surface area contributed by atoms with Gasteiger partial charge in [-0.05, 0) is 30.3 Å². The molecule has 0 saturated carbocycles. The van der Waals surface area contributed by atoms with Crippen molar-refractivity contribution >= 4 is 33.2 Å². The Morgan fingerprint density at radius 3 is 2.43 bits per heavy atom. The molecule has 10 heteroatoms. The normalized spacial score (nSPS) is 17.0. The Labute approximate surface area is 162 Å². The van der Waals surface area contributed by atoms with Gasteiger partial charge < -0.3 is 14.8 Å². The predicted molar refractivity (Wildman–Crippen MR) is 102 cm³/mol. The SMILES string of the molecule is COc1ccc(N2C(=O)C[C@@H](Nc3cccc(S(N)(=O)=O)c3)C2=O)cc1OC. The molecule has 0 unspecified atom stereocenters. The van der Waals surface area contributed by atoms with E-state index in [1.54, 1.807) is 24.3 Å². The van der Waals surface area contributed by atoms with Gasteiger partial charge in [0.1, 0.15) is 6.04 Å². The lowest BCUT2D eigenvalue weighted by Crippen LogP contribution is -2.34. The zero-order valence-electron chi connectivity index (χ0n) is 15.2. The monoisotopic (exact) mass is 405 g/mol. The van der Waals surface area contributed by atoms with Gasteiger partial charge in [-0.15, -0.1) is 0 Å². The van der Waals surface area contributed by atoms with Crippen molar-refractivity contribution in [3.8, 4) is 11.5 Å². The average molecular weight is 405 g/mol. The van der Waals surface area contributed by atoms with Crippen LogP contribution in [0.5, 0.6) is 11.5 Å². The Balaban J connectivity index is 1.85. The molecule has 0 spiro atoms. The van der Waals surface area contributed by atoms with E-state index in [2.05, 4.69) is 5.32 Å². The van der Waals surface area contributed by atoms with Crippen molar-refractivity contribution in [1.29, 1.82) is 0 Å². The van der Waals surface area contributed by atoms with Crippen LogP contribution in [0, 0.1) is 0 Å². The number of carbonyl (C=O) groups excluding carboxylic acids is 2. The summed E-state index contributed by atoms with van der Waals surface area (Å²) in [6.07, 6.45) is -0.0766.